The molecule has 1 N–H and O–H groups in total. The number of phosphoric ester groups is 1. The van der Waals surface area contributed by atoms with Crippen LogP contribution >= 0.6 is 7.82 Å². The number of unbranched alkanes of at least 4 members (excludes halogenated alkanes) is 29. The van der Waals surface area contributed by atoms with Crippen LogP contribution in [0.4, 0.5) is 0 Å². The molecule has 0 aromatic heterocycles. The molecule has 0 heterocycles. The van der Waals surface area contributed by atoms with E-state index in [0.717, 1.165) is 103 Å². The van der Waals surface area contributed by atoms with Crippen LogP contribution in [0, 0.1) is 0 Å². The van der Waals surface area contributed by atoms with Gasteiger partial charge in [0.1, 0.15) is 19.3 Å². The van der Waals surface area contributed by atoms with Crippen molar-refractivity contribution in [1.29, 1.82) is 0 Å². The third kappa shape index (κ3) is 49.0. The Morgan fingerprint density at radius 2 is 0.941 bits per heavy atom. The standard InChI is InChI=1S/C58H109N2O7P/c1-7-10-13-16-19-22-25-28-30-31-32-35-38-41-44-47-50-57(61)59-55(54-66-68(63,64)65-53-52-60(4,5)6)56(49-46-43-40-37-34-27-24-21-18-15-12-9-3)67-58(62)51-48-45-42-39-36-33-29-26-23-20-17-14-11-8-2/h11,14,20,23,30-31,46,49,55-56H,7-10,12-13,15-19,21-22,24-29,32-45,47-48,50-54H2,1-6H3,(H-,59,61,63,64)/b14-11+,23-20+,31-30+,49-46+. The molecule has 0 aromatic rings. The molecular formula is C58H109N2O7P. The second-order valence-corrected chi connectivity index (χ2v) is 21.8. The fourth-order valence-electron chi connectivity index (χ4n) is 8.08. The van der Waals surface area contributed by atoms with E-state index in [4.69, 9.17) is 13.8 Å². The van der Waals surface area contributed by atoms with Crippen LogP contribution in [-0.4, -0.2) is 69.4 Å². The number of phosphoric acid groups is 1. The normalized spacial score (nSPS) is 14.2. The first-order valence-electron chi connectivity index (χ1n) is 28.4. The molecule has 0 aliphatic carbocycles. The number of esters is 1. The summed E-state index contributed by atoms with van der Waals surface area (Å²) in [4.78, 5) is 39.8. The summed E-state index contributed by atoms with van der Waals surface area (Å²) in [5.74, 6) is -0.557. The van der Waals surface area contributed by atoms with Crippen molar-refractivity contribution in [3.05, 3.63) is 48.6 Å². The largest absolute Gasteiger partial charge is 0.756 e. The van der Waals surface area contributed by atoms with E-state index < -0.39 is 26.6 Å². The molecule has 9 nitrogen and oxygen atoms in total. The van der Waals surface area contributed by atoms with Gasteiger partial charge in [-0.2, -0.15) is 0 Å². The lowest BCUT2D eigenvalue weighted by Crippen LogP contribution is -2.47. The van der Waals surface area contributed by atoms with Crippen molar-refractivity contribution < 1.29 is 37.3 Å². The SMILES string of the molecule is CC/C=C/C/C=C/CCCCCCCCCC(=O)OC(/C=C/CCCCCCCCCCCC)C(COP(=O)([O-])OCC[N+](C)(C)C)NC(=O)CCCCCCC/C=C/CCCCCCCCC. The van der Waals surface area contributed by atoms with E-state index in [1.165, 1.54) is 122 Å². The van der Waals surface area contributed by atoms with E-state index in [1.807, 2.05) is 33.3 Å². The van der Waals surface area contributed by atoms with Crippen molar-refractivity contribution in [1.82, 2.24) is 5.32 Å². The summed E-state index contributed by atoms with van der Waals surface area (Å²) < 4.78 is 30.2. The third-order valence-electron chi connectivity index (χ3n) is 12.5. The number of hydrogen-bond acceptors (Lipinski definition) is 7. The summed E-state index contributed by atoms with van der Waals surface area (Å²) >= 11 is 0. The molecule has 1 amide bonds. The van der Waals surface area contributed by atoms with Gasteiger partial charge in [-0.1, -0.05) is 211 Å². The predicted molar refractivity (Wildman–Crippen MR) is 289 cm³/mol. The average Bonchev–Trinajstić information content (AvgIpc) is 3.29. The van der Waals surface area contributed by atoms with Crippen molar-refractivity contribution in [2.45, 2.75) is 270 Å². The minimum Gasteiger partial charge on any atom is -0.756 e. The minimum absolute atomic E-state index is 0.0252. The fourth-order valence-corrected chi connectivity index (χ4v) is 8.81. The van der Waals surface area contributed by atoms with Gasteiger partial charge < -0.3 is 28.5 Å². The molecule has 0 spiro atoms. The molecule has 0 bridgehead atoms. The number of hydrogen-bond donors (Lipinski definition) is 1. The van der Waals surface area contributed by atoms with E-state index in [-0.39, 0.29) is 24.9 Å². The topological polar surface area (TPSA) is 114 Å². The highest BCUT2D eigenvalue weighted by Crippen LogP contribution is 2.38. The Morgan fingerprint density at radius 1 is 0.529 bits per heavy atom. The Kier molecular flexibility index (Phi) is 47.1. The molecule has 3 atom stereocenters. The highest BCUT2D eigenvalue weighted by molar-refractivity contribution is 7.45. The van der Waals surface area contributed by atoms with Crippen LogP contribution in [0.2, 0.25) is 0 Å². The molecule has 0 saturated heterocycles. The first-order valence-corrected chi connectivity index (χ1v) is 29.9. The molecule has 0 aliphatic rings. The van der Waals surface area contributed by atoms with Gasteiger partial charge in [-0.15, -0.1) is 0 Å². The van der Waals surface area contributed by atoms with Crippen molar-refractivity contribution >= 4 is 19.7 Å². The molecule has 3 unspecified atom stereocenters. The predicted octanol–water partition coefficient (Wildman–Crippen LogP) is 16.3. The number of nitrogens with zero attached hydrogens (tertiary/aromatic N) is 1. The van der Waals surface area contributed by atoms with Crippen molar-refractivity contribution in [3.63, 3.8) is 0 Å². The van der Waals surface area contributed by atoms with Gasteiger partial charge in [-0.25, -0.2) is 0 Å². The number of ether oxygens (including phenoxy) is 1. The highest BCUT2D eigenvalue weighted by Gasteiger charge is 2.27. The van der Waals surface area contributed by atoms with Crippen LogP contribution in [0.1, 0.15) is 258 Å². The monoisotopic (exact) mass is 977 g/mol. The zero-order chi connectivity index (χ0) is 50.1. The summed E-state index contributed by atoms with van der Waals surface area (Å²) in [6.45, 7) is 6.72. The van der Waals surface area contributed by atoms with Crippen LogP contribution < -0.4 is 10.2 Å². The van der Waals surface area contributed by atoms with Crippen molar-refractivity contribution in [2.75, 3.05) is 40.9 Å². The van der Waals surface area contributed by atoms with E-state index in [0.29, 0.717) is 17.4 Å². The summed E-state index contributed by atoms with van der Waals surface area (Å²) in [6, 6.07) is -0.893. The van der Waals surface area contributed by atoms with Crippen LogP contribution in [-0.2, 0) is 27.9 Å². The number of nitrogens with one attached hydrogen (secondary N) is 1. The van der Waals surface area contributed by atoms with Gasteiger partial charge in [0.05, 0.1) is 33.8 Å². The smallest absolute Gasteiger partial charge is 0.306 e. The number of carbonyl (C=O) groups is 2. The Morgan fingerprint density at radius 3 is 1.41 bits per heavy atom. The van der Waals surface area contributed by atoms with Gasteiger partial charge in [0.15, 0.2) is 0 Å². The van der Waals surface area contributed by atoms with E-state index in [2.05, 4.69) is 62.5 Å². The Hall–Kier alpha value is -2.03. The van der Waals surface area contributed by atoms with Gasteiger partial charge in [0, 0.05) is 12.8 Å². The van der Waals surface area contributed by atoms with E-state index >= 15 is 0 Å². The first kappa shape index (κ1) is 66.0. The van der Waals surface area contributed by atoms with Crippen LogP contribution in [0.15, 0.2) is 48.6 Å². The number of likely N-dealkylation sites (N-methyl/N-ethyl adjacent to an activating group) is 1. The molecule has 0 saturated carbocycles. The van der Waals surface area contributed by atoms with Crippen molar-refractivity contribution in [2.24, 2.45) is 0 Å². The van der Waals surface area contributed by atoms with Gasteiger partial charge in [-0.3, -0.25) is 14.2 Å². The number of quaternary nitrogens is 1. The quantitative estimate of drug-likeness (QED) is 0.0212. The summed E-state index contributed by atoms with van der Waals surface area (Å²) in [7, 11) is 1.18. The molecule has 0 aliphatic heterocycles. The van der Waals surface area contributed by atoms with Crippen LogP contribution in [0.3, 0.4) is 0 Å². The molecule has 0 radical (unpaired) electrons. The fraction of sp³-hybridized carbons (Fsp3) is 0.828. The summed E-state index contributed by atoms with van der Waals surface area (Å²) in [6.07, 6.45) is 57.8. The molecule has 0 aromatic carbocycles. The molecule has 398 valence electrons. The number of carbonyl (C=O) groups excluding carboxylic acids is 2. The minimum atomic E-state index is -4.69. The summed E-state index contributed by atoms with van der Waals surface area (Å²) in [5, 5.41) is 3.01. The lowest BCUT2D eigenvalue weighted by Gasteiger charge is -2.30. The number of amides is 1. The molecule has 68 heavy (non-hydrogen) atoms. The second kappa shape index (κ2) is 48.6. The number of allylic oxidation sites excluding steroid dienone is 7. The zero-order valence-electron chi connectivity index (χ0n) is 45.3. The maximum absolute atomic E-state index is 13.5. The second-order valence-electron chi connectivity index (χ2n) is 20.4. The van der Waals surface area contributed by atoms with Crippen molar-refractivity contribution in [3.8, 4) is 0 Å². The van der Waals surface area contributed by atoms with Gasteiger partial charge in [0.2, 0.25) is 5.91 Å². The molecular weight excluding hydrogens is 868 g/mol. The maximum Gasteiger partial charge on any atom is 0.306 e. The van der Waals surface area contributed by atoms with Crippen LogP contribution in [0.5, 0.6) is 0 Å². The lowest BCUT2D eigenvalue weighted by molar-refractivity contribution is -0.870. The van der Waals surface area contributed by atoms with E-state index in [9.17, 15) is 19.0 Å². The van der Waals surface area contributed by atoms with Crippen LogP contribution in [0.25, 0.3) is 0 Å². The maximum atomic E-state index is 13.5. The van der Waals surface area contributed by atoms with Gasteiger partial charge >= 0.3 is 5.97 Å². The zero-order valence-corrected chi connectivity index (χ0v) is 46.2. The Bertz CT molecular complexity index is 1310. The molecule has 10 heteroatoms. The van der Waals surface area contributed by atoms with Gasteiger partial charge in [-0.05, 0) is 83.1 Å². The third-order valence-corrected chi connectivity index (χ3v) is 13.5. The molecule has 0 rings (SSSR count). The van der Waals surface area contributed by atoms with E-state index in [1.54, 1.807) is 0 Å². The first-order chi connectivity index (χ1) is 32.9. The number of rotatable bonds is 51. The average molecular weight is 977 g/mol. The molecule has 0 fully saturated rings. The Balaban J connectivity index is 5.37. The van der Waals surface area contributed by atoms with Gasteiger partial charge in [0.25, 0.3) is 7.82 Å². The Labute approximate surface area is 420 Å². The highest BCUT2D eigenvalue weighted by atomic mass is 31.2. The lowest BCUT2D eigenvalue weighted by atomic mass is 10.0. The summed E-state index contributed by atoms with van der Waals surface area (Å²) in [5.41, 5.74) is 0.